The highest BCUT2D eigenvalue weighted by Gasteiger charge is 3.01. The number of ether oxygens (including phenoxy) is 6. The standard InChI is InChI=1S/C34H40O17/c1-14(35)47-24-25(48-15(2)36)34(44)30-13-46-21(39)9-19(30)28(5)12-31(30,41)33(43,26(28)49-16(3)37)27(50-17(4)38)32(34,42)20-10-22(40)51-23(29(20,24)6)18-7-8-45-11-18/h7-8,11,19-20,23-27,41-44H,9-10,12-13H2,1-6H3/t19-,20+,23-,24-,25+,26-,27-,28+,29+,30+,31+,32+,33+,34-/m0/s1. The van der Waals surface area contributed by atoms with Crippen molar-refractivity contribution in [2.75, 3.05) is 6.61 Å². The zero-order chi connectivity index (χ0) is 37.5. The molecular weight excluding hydrogens is 680 g/mol. The number of carbonyl (C=O) groups is 6. The third-order valence-electron chi connectivity index (χ3n) is 13.1. The monoisotopic (exact) mass is 720 g/mol. The number of fused-ring (bicyclic) bond motifs is 5. The third-order valence-corrected chi connectivity index (χ3v) is 13.1. The third kappa shape index (κ3) is 3.79. The van der Waals surface area contributed by atoms with Gasteiger partial charge in [-0.3, -0.25) is 28.8 Å². The Morgan fingerprint density at radius 2 is 1.33 bits per heavy atom. The number of carbonyl (C=O) groups excluding carboxylic acids is 6. The summed E-state index contributed by atoms with van der Waals surface area (Å²) in [6.45, 7) is 5.99. The maximum Gasteiger partial charge on any atom is 0.306 e. The highest BCUT2D eigenvalue weighted by molar-refractivity contribution is 5.76. The Bertz CT molecular complexity index is 1740. The summed E-state index contributed by atoms with van der Waals surface area (Å²) in [5, 5.41) is 54.1. The smallest absolute Gasteiger partial charge is 0.306 e. The zero-order valence-corrected chi connectivity index (χ0v) is 28.7. The van der Waals surface area contributed by atoms with Crippen LogP contribution in [0, 0.1) is 28.1 Å². The summed E-state index contributed by atoms with van der Waals surface area (Å²) < 4.78 is 40.0. The summed E-state index contributed by atoms with van der Waals surface area (Å²) in [5.74, 6) is -8.89. The molecule has 3 heterocycles. The van der Waals surface area contributed by atoms with Crippen LogP contribution in [-0.4, -0.2) is 110 Å². The minimum Gasteiger partial charge on any atom is -0.472 e. The van der Waals surface area contributed by atoms with E-state index in [1.54, 1.807) is 0 Å². The van der Waals surface area contributed by atoms with Gasteiger partial charge in [0.15, 0.2) is 23.9 Å². The minimum atomic E-state index is -3.18. The second-order valence-electron chi connectivity index (χ2n) is 15.4. The molecule has 0 aromatic carbocycles. The molecule has 2 saturated heterocycles. The molecule has 1 spiro atoms. The van der Waals surface area contributed by atoms with Crippen molar-refractivity contribution in [3.05, 3.63) is 24.2 Å². The van der Waals surface area contributed by atoms with Gasteiger partial charge in [-0.1, -0.05) is 13.8 Å². The van der Waals surface area contributed by atoms with Gasteiger partial charge in [0.1, 0.15) is 35.6 Å². The van der Waals surface area contributed by atoms with Crippen molar-refractivity contribution in [2.24, 2.45) is 28.1 Å². The summed E-state index contributed by atoms with van der Waals surface area (Å²) in [4.78, 5) is 78.6. The summed E-state index contributed by atoms with van der Waals surface area (Å²) in [5.41, 5.74) is -17.9. The van der Waals surface area contributed by atoms with E-state index in [-0.39, 0.29) is 5.56 Å². The largest absolute Gasteiger partial charge is 0.472 e. The molecule has 6 aliphatic rings. The molecule has 4 N–H and O–H groups in total. The molecule has 0 amide bonds. The van der Waals surface area contributed by atoms with Crippen molar-refractivity contribution in [2.45, 2.75) is 114 Å². The van der Waals surface area contributed by atoms with E-state index in [1.807, 2.05) is 0 Å². The molecule has 1 aromatic heterocycles. The molecule has 4 aliphatic carbocycles. The van der Waals surface area contributed by atoms with E-state index >= 15 is 0 Å². The number of hydrogen-bond donors (Lipinski definition) is 4. The topological polar surface area (TPSA) is 252 Å². The summed E-state index contributed by atoms with van der Waals surface area (Å²) in [6, 6.07) is 1.43. The van der Waals surface area contributed by atoms with E-state index in [9.17, 15) is 49.2 Å². The summed E-state index contributed by atoms with van der Waals surface area (Å²) >= 11 is 0. The van der Waals surface area contributed by atoms with Crippen LogP contribution < -0.4 is 0 Å². The summed E-state index contributed by atoms with van der Waals surface area (Å²) in [7, 11) is 0. The van der Waals surface area contributed by atoms with E-state index < -0.39 is 143 Å². The molecule has 2 aliphatic heterocycles. The van der Waals surface area contributed by atoms with Gasteiger partial charge in [0.05, 0.1) is 29.8 Å². The average Bonchev–Trinajstić information content (AvgIpc) is 3.67. The number of aliphatic hydroxyl groups is 4. The van der Waals surface area contributed by atoms with Crippen LogP contribution in [0.15, 0.2) is 23.0 Å². The second kappa shape index (κ2) is 10.5. The van der Waals surface area contributed by atoms with E-state index in [4.69, 9.17) is 32.8 Å². The maximum absolute atomic E-state index is 13.9. The molecule has 1 aromatic rings. The molecule has 17 heteroatoms. The molecule has 14 atom stereocenters. The Kier molecular flexibility index (Phi) is 7.29. The number of hydrogen-bond acceptors (Lipinski definition) is 17. The van der Waals surface area contributed by atoms with Gasteiger partial charge in [0.2, 0.25) is 0 Å². The van der Waals surface area contributed by atoms with Crippen molar-refractivity contribution in [3.63, 3.8) is 0 Å². The zero-order valence-electron chi connectivity index (χ0n) is 28.7. The molecular formula is C34H40O17. The molecule has 0 unspecified atom stereocenters. The van der Waals surface area contributed by atoms with Crippen molar-refractivity contribution >= 4 is 35.8 Å². The van der Waals surface area contributed by atoms with Gasteiger partial charge in [-0.05, 0) is 18.4 Å². The number of furan rings is 1. The molecule has 2 bridgehead atoms. The van der Waals surface area contributed by atoms with Gasteiger partial charge in [0, 0.05) is 51.0 Å². The first-order valence-corrected chi connectivity index (χ1v) is 16.6. The predicted octanol–water partition coefficient (Wildman–Crippen LogP) is -0.458. The number of rotatable bonds is 5. The Morgan fingerprint density at radius 1 is 0.765 bits per heavy atom. The van der Waals surface area contributed by atoms with Crippen LogP contribution in [-0.2, 0) is 57.2 Å². The van der Waals surface area contributed by atoms with Crippen LogP contribution in [0.3, 0.4) is 0 Å². The molecule has 7 rings (SSSR count). The van der Waals surface area contributed by atoms with Crippen LogP contribution in [0.25, 0.3) is 0 Å². The normalized spacial score (nSPS) is 48.9. The fourth-order valence-corrected chi connectivity index (χ4v) is 11.8. The van der Waals surface area contributed by atoms with Gasteiger partial charge < -0.3 is 53.3 Å². The fraction of sp³-hybridized carbons (Fsp3) is 0.706. The lowest BCUT2D eigenvalue weighted by atomic mass is 9.32. The second-order valence-corrected chi connectivity index (χ2v) is 15.4. The Balaban J connectivity index is 1.65. The molecule has 51 heavy (non-hydrogen) atoms. The lowest BCUT2D eigenvalue weighted by Crippen LogP contribution is -2.99. The number of cyclic esters (lactones) is 2. The molecule has 0 radical (unpaired) electrons. The first-order chi connectivity index (χ1) is 23.6. The first kappa shape index (κ1) is 35.3. The lowest BCUT2D eigenvalue weighted by Gasteiger charge is -2.78. The van der Waals surface area contributed by atoms with E-state index in [1.165, 1.54) is 32.4 Å². The highest BCUT2D eigenvalue weighted by atomic mass is 16.6. The lowest BCUT2D eigenvalue weighted by molar-refractivity contribution is -0.470. The summed E-state index contributed by atoms with van der Waals surface area (Å²) in [6.07, 6.45) is -9.09. The molecule has 6 fully saturated rings. The van der Waals surface area contributed by atoms with Crippen LogP contribution in [0.5, 0.6) is 0 Å². The maximum atomic E-state index is 13.9. The Morgan fingerprint density at radius 3 is 1.90 bits per heavy atom. The van der Waals surface area contributed by atoms with Crippen molar-refractivity contribution in [1.82, 2.24) is 0 Å². The molecule has 17 nitrogen and oxygen atoms in total. The van der Waals surface area contributed by atoms with Crippen LogP contribution in [0.4, 0.5) is 0 Å². The predicted molar refractivity (Wildman–Crippen MR) is 160 cm³/mol. The van der Waals surface area contributed by atoms with Gasteiger partial charge >= 0.3 is 35.8 Å². The Hall–Kier alpha value is -4.06. The first-order valence-electron chi connectivity index (χ1n) is 16.6. The van der Waals surface area contributed by atoms with Gasteiger partial charge in [-0.15, -0.1) is 0 Å². The number of esters is 6. The fourth-order valence-electron chi connectivity index (χ4n) is 11.8. The molecule has 278 valence electrons. The van der Waals surface area contributed by atoms with Crippen molar-refractivity contribution in [1.29, 1.82) is 0 Å². The highest BCUT2D eigenvalue weighted by Crippen LogP contribution is 2.84. The quantitative estimate of drug-likeness (QED) is 0.222. The Labute approximate surface area is 290 Å². The van der Waals surface area contributed by atoms with Crippen molar-refractivity contribution in [3.8, 4) is 0 Å². The molecule has 4 saturated carbocycles. The van der Waals surface area contributed by atoms with Gasteiger partial charge in [-0.2, -0.15) is 0 Å². The van der Waals surface area contributed by atoms with Crippen LogP contribution in [0.2, 0.25) is 0 Å². The van der Waals surface area contributed by atoms with Gasteiger partial charge in [-0.25, -0.2) is 0 Å². The van der Waals surface area contributed by atoms with Gasteiger partial charge in [0.25, 0.3) is 0 Å². The minimum absolute atomic E-state index is 0.191. The SMILES string of the molecule is CC(=O)O[C@@H]1[C@]2(O)[C@@H](OC(C)=O)[C@]3(C)C[C@@]2(O)[C@]2(COC(=O)C[C@@H]32)[C@@]2(O)[C@H](OC(C)=O)[C@H](OC(C)=O)[C@]3(C)[C@@H](CC(=O)O[C@H]3c3ccoc3)[C@@]12O. The average molecular weight is 721 g/mol. The van der Waals surface area contributed by atoms with E-state index in [0.29, 0.717) is 0 Å². The van der Waals surface area contributed by atoms with Crippen LogP contribution in [0.1, 0.15) is 72.5 Å². The van der Waals surface area contributed by atoms with Crippen LogP contribution >= 0.6 is 0 Å². The van der Waals surface area contributed by atoms with Crippen molar-refractivity contribution < 1.29 is 82.0 Å². The van der Waals surface area contributed by atoms with E-state index in [0.717, 1.165) is 27.7 Å². The van der Waals surface area contributed by atoms with E-state index in [2.05, 4.69) is 0 Å².